The fourth-order valence-electron chi connectivity index (χ4n) is 3.91. The van der Waals surface area contributed by atoms with E-state index in [4.69, 9.17) is 9.47 Å². The third-order valence-electron chi connectivity index (χ3n) is 5.54. The number of carbonyl (C=O) groups excluding carboxylic acids is 2. The number of esters is 1. The Morgan fingerprint density at radius 1 is 1.11 bits per heavy atom. The molecule has 27 heavy (non-hydrogen) atoms. The van der Waals surface area contributed by atoms with Crippen LogP contribution in [-0.4, -0.2) is 67.4 Å². The number of rotatable bonds is 5. The van der Waals surface area contributed by atoms with Gasteiger partial charge in [-0.3, -0.25) is 9.59 Å². The Morgan fingerprint density at radius 3 is 2.52 bits per heavy atom. The molecule has 0 aromatic carbocycles. The maximum atomic E-state index is 13.0. The van der Waals surface area contributed by atoms with Gasteiger partial charge in [0.15, 0.2) is 5.82 Å². The van der Waals surface area contributed by atoms with Crippen molar-refractivity contribution in [2.24, 2.45) is 11.8 Å². The molecule has 1 atom stereocenters. The van der Waals surface area contributed by atoms with Gasteiger partial charge in [0.2, 0.25) is 11.8 Å². The Labute approximate surface area is 159 Å². The minimum atomic E-state index is -0.164. The smallest absolute Gasteiger partial charge is 0.305 e. The first kappa shape index (κ1) is 19.4. The summed E-state index contributed by atoms with van der Waals surface area (Å²) in [5.74, 6) is 1.63. The van der Waals surface area contributed by atoms with Crippen LogP contribution < -0.4 is 9.64 Å². The van der Waals surface area contributed by atoms with Crippen molar-refractivity contribution in [3.05, 3.63) is 12.1 Å². The Bertz CT molecular complexity index is 644. The van der Waals surface area contributed by atoms with E-state index in [1.54, 1.807) is 13.2 Å². The van der Waals surface area contributed by atoms with Crippen LogP contribution in [0, 0.1) is 11.8 Å². The van der Waals surface area contributed by atoms with Crippen LogP contribution in [0.4, 0.5) is 5.82 Å². The lowest BCUT2D eigenvalue weighted by molar-refractivity contribution is -0.142. The maximum Gasteiger partial charge on any atom is 0.305 e. The molecule has 2 aliphatic rings. The lowest BCUT2D eigenvalue weighted by Gasteiger charge is -2.38. The second kappa shape index (κ2) is 9.01. The Kier molecular flexibility index (Phi) is 6.47. The number of amides is 1. The molecular formula is C19H28N4O4. The van der Waals surface area contributed by atoms with Crippen LogP contribution in [0.3, 0.4) is 0 Å². The van der Waals surface area contributed by atoms with Gasteiger partial charge in [-0.05, 0) is 37.7 Å². The standard InChI is InChI=1S/C19H28N4O4/c1-26-17-6-5-16(20-21-17)23-9-3-4-15(13-23)19(25)22-10-7-14(8-11-22)12-18(24)27-2/h5-6,14-15H,3-4,7-13H2,1-2H3/t15-/m0/s1. The molecule has 2 fully saturated rings. The quantitative estimate of drug-likeness (QED) is 0.720. The van der Waals surface area contributed by atoms with Crippen LogP contribution in [0.2, 0.25) is 0 Å². The summed E-state index contributed by atoms with van der Waals surface area (Å²) in [6.45, 7) is 2.99. The molecule has 1 aromatic rings. The van der Waals surface area contributed by atoms with Crippen LogP contribution in [0.15, 0.2) is 12.1 Å². The number of piperidine rings is 2. The lowest BCUT2D eigenvalue weighted by Crippen LogP contribution is -2.47. The van der Waals surface area contributed by atoms with Gasteiger partial charge in [0, 0.05) is 38.7 Å². The number of likely N-dealkylation sites (tertiary alicyclic amines) is 1. The summed E-state index contributed by atoms with van der Waals surface area (Å²) >= 11 is 0. The van der Waals surface area contributed by atoms with E-state index in [0.29, 0.717) is 24.8 Å². The van der Waals surface area contributed by atoms with E-state index in [1.807, 2.05) is 11.0 Å². The van der Waals surface area contributed by atoms with Gasteiger partial charge in [-0.2, -0.15) is 0 Å². The molecular weight excluding hydrogens is 348 g/mol. The van der Waals surface area contributed by atoms with Crippen LogP contribution >= 0.6 is 0 Å². The van der Waals surface area contributed by atoms with Gasteiger partial charge in [0.25, 0.3) is 0 Å². The number of hydrogen-bond donors (Lipinski definition) is 0. The molecule has 0 spiro atoms. The number of methoxy groups -OCH3 is 2. The van der Waals surface area contributed by atoms with E-state index in [2.05, 4.69) is 15.1 Å². The topological polar surface area (TPSA) is 84.9 Å². The summed E-state index contributed by atoms with van der Waals surface area (Å²) in [6.07, 6.45) is 4.04. The van der Waals surface area contributed by atoms with Gasteiger partial charge in [-0.25, -0.2) is 0 Å². The van der Waals surface area contributed by atoms with Crippen molar-refractivity contribution >= 4 is 17.7 Å². The van der Waals surface area contributed by atoms with E-state index >= 15 is 0 Å². The predicted molar refractivity (Wildman–Crippen MR) is 99.5 cm³/mol. The molecule has 0 saturated carbocycles. The van der Waals surface area contributed by atoms with E-state index in [0.717, 1.165) is 51.1 Å². The molecule has 8 nitrogen and oxygen atoms in total. The van der Waals surface area contributed by atoms with E-state index < -0.39 is 0 Å². The van der Waals surface area contributed by atoms with Crippen molar-refractivity contribution in [3.63, 3.8) is 0 Å². The summed E-state index contributed by atoms with van der Waals surface area (Å²) < 4.78 is 9.80. The van der Waals surface area contributed by atoms with Crippen molar-refractivity contribution < 1.29 is 19.1 Å². The van der Waals surface area contributed by atoms with Gasteiger partial charge in [-0.1, -0.05) is 0 Å². The Balaban J connectivity index is 1.53. The largest absolute Gasteiger partial charge is 0.480 e. The summed E-state index contributed by atoms with van der Waals surface area (Å²) in [6, 6.07) is 3.68. The molecule has 1 amide bonds. The van der Waals surface area contributed by atoms with Crippen LogP contribution in [0.5, 0.6) is 5.88 Å². The molecule has 8 heteroatoms. The second-order valence-electron chi connectivity index (χ2n) is 7.27. The lowest BCUT2D eigenvalue weighted by atomic mass is 9.91. The molecule has 0 bridgehead atoms. The zero-order valence-corrected chi connectivity index (χ0v) is 16.1. The zero-order chi connectivity index (χ0) is 19.2. The molecule has 1 aromatic heterocycles. The molecule has 2 aliphatic heterocycles. The van der Waals surface area contributed by atoms with Gasteiger partial charge < -0.3 is 19.3 Å². The van der Waals surface area contributed by atoms with Gasteiger partial charge in [0.05, 0.1) is 20.1 Å². The fraction of sp³-hybridized carbons (Fsp3) is 0.684. The minimum absolute atomic E-state index is 0.0141. The van der Waals surface area contributed by atoms with Crippen molar-refractivity contribution in [2.45, 2.75) is 32.1 Å². The fourth-order valence-corrected chi connectivity index (χ4v) is 3.91. The first-order chi connectivity index (χ1) is 13.1. The Morgan fingerprint density at radius 2 is 1.89 bits per heavy atom. The average molecular weight is 376 g/mol. The predicted octanol–water partition coefficient (Wildman–Crippen LogP) is 1.50. The van der Waals surface area contributed by atoms with Crippen molar-refractivity contribution in [1.82, 2.24) is 15.1 Å². The minimum Gasteiger partial charge on any atom is -0.480 e. The summed E-state index contributed by atoms with van der Waals surface area (Å²) in [5, 5.41) is 8.23. The van der Waals surface area contributed by atoms with E-state index in [-0.39, 0.29) is 17.8 Å². The SMILES string of the molecule is COC(=O)CC1CCN(C(=O)[C@H]2CCCN(c3ccc(OC)nn3)C2)CC1. The highest BCUT2D eigenvalue weighted by molar-refractivity contribution is 5.80. The summed E-state index contributed by atoms with van der Waals surface area (Å²) in [4.78, 5) is 28.5. The van der Waals surface area contributed by atoms with Crippen LogP contribution in [0.1, 0.15) is 32.1 Å². The normalized spacial score (nSPS) is 21.0. The number of hydrogen-bond acceptors (Lipinski definition) is 7. The van der Waals surface area contributed by atoms with Gasteiger partial charge in [-0.15, -0.1) is 10.2 Å². The molecule has 3 rings (SSSR count). The van der Waals surface area contributed by atoms with Crippen molar-refractivity contribution in [1.29, 1.82) is 0 Å². The first-order valence-electron chi connectivity index (χ1n) is 9.59. The first-order valence-corrected chi connectivity index (χ1v) is 9.59. The van der Waals surface area contributed by atoms with Gasteiger partial charge in [0.1, 0.15) is 0 Å². The highest BCUT2D eigenvalue weighted by Crippen LogP contribution is 2.26. The van der Waals surface area contributed by atoms with Crippen LogP contribution in [0.25, 0.3) is 0 Å². The molecule has 0 aliphatic carbocycles. The Hall–Kier alpha value is -2.38. The average Bonchev–Trinajstić information content (AvgIpc) is 2.74. The highest BCUT2D eigenvalue weighted by Gasteiger charge is 2.32. The van der Waals surface area contributed by atoms with E-state index in [9.17, 15) is 9.59 Å². The molecule has 148 valence electrons. The number of aromatic nitrogens is 2. The van der Waals surface area contributed by atoms with Crippen molar-refractivity contribution in [3.8, 4) is 5.88 Å². The molecule has 3 heterocycles. The molecule has 2 saturated heterocycles. The summed E-state index contributed by atoms with van der Waals surface area (Å²) in [5.41, 5.74) is 0. The highest BCUT2D eigenvalue weighted by atomic mass is 16.5. The number of carbonyl (C=O) groups is 2. The second-order valence-corrected chi connectivity index (χ2v) is 7.27. The molecule has 0 N–H and O–H groups in total. The third-order valence-corrected chi connectivity index (χ3v) is 5.54. The van der Waals surface area contributed by atoms with Gasteiger partial charge >= 0.3 is 5.97 Å². The number of ether oxygens (including phenoxy) is 2. The zero-order valence-electron chi connectivity index (χ0n) is 16.1. The van der Waals surface area contributed by atoms with Crippen LogP contribution in [-0.2, 0) is 14.3 Å². The monoisotopic (exact) mass is 376 g/mol. The third kappa shape index (κ3) is 4.87. The molecule has 0 radical (unpaired) electrons. The number of anilines is 1. The summed E-state index contributed by atoms with van der Waals surface area (Å²) in [7, 11) is 2.98. The van der Waals surface area contributed by atoms with Crippen molar-refractivity contribution in [2.75, 3.05) is 45.3 Å². The number of nitrogens with zero attached hydrogens (tertiary/aromatic N) is 4. The maximum absolute atomic E-state index is 13.0. The molecule has 0 unspecified atom stereocenters. The van der Waals surface area contributed by atoms with E-state index in [1.165, 1.54) is 7.11 Å².